The van der Waals surface area contributed by atoms with Gasteiger partial charge in [0, 0.05) is 13.1 Å². The van der Waals surface area contributed by atoms with E-state index in [4.69, 9.17) is 0 Å². The molecule has 1 aromatic heterocycles. The fraction of sp³-hybridized carbons (Fsp3) is 0.643. The lowest BCUT2D eigenvalue weighted by atomic mass is 10.1. The van der Waals surface area contributed by atoms with Crippen molar-refractivity contribution in [2.75, 3.05) is 17.7 Å². The Morgan fingerprint density at radius 2 is 1.94 bits per heavy atom. The molecular formula is C14H25N3. The summed E-state index contributed by atoms with van der Waals surface area (Å²) in [6.45, 7) is 4.47. The predicted molar refractivity (Wildman–Crippen MR) is 75.6 cm³/mol. The quantitative estimate of drug-likeness (QED) is 0.671. The molecule has 0 aromatic carbocycles. The van der Waals surface area contributed by atoms with Gasteiger partial charge in [-0.3, -0.25) is 0 Å². The van der Waals surface area contributed by atoms with Gasteiger partial charge in [-0.1, -0.05) is 38.7 Å². The van der Waals surface area contributed by atoms with Gasteiger partial charge < -0.3 is 10.6 Å². The molecule has 1 heterocycles. The number of hydrogen-bond donors (Lipinski definition) is 2. The summed E-state index contributed by atoms with van der Waals surface area (Å²) in [6, 6.07) is 6.50. The Kier molecular flexibility index (Phi) is 6.45. The molecule has 1 rings (SSSR count). The van der Waals surface area contributed by atoms with Gasteiger partial charge in [0.2, 0.25) is 0 Å². The SMILES string of the molecule is CCCCCCC(C)Nc1cccc(NC)n1. The van der Waals surface area contributed by atoms with E-state index in [2.05, 4.69) is 29.5 Å². The van der Waals surface area contributed by atoms with E-state index < -0.39 is 0 Å². The lowest BCUT2D eigenvalue weighted by Crippen LogP contribution is -2.16. The molecule has 1 aromatic rings. The fourth-order valence-corrected chi connectivity index (χ4v) is 1.86. The zero-order valence-electron chi connectivity index (χ0n) is 11.3. The lowest BCUT2D eigenvalue weighted by Gasteiger charge is -2.14. The first kappa shape index (κ1) is 13.8. The van der Waals surface area contributed by atoms with Crippen molar-refractivity contribution in [2.45, 2.75) is 52.0 Å². The molecule has 0 aliphatic heterocycles. The van der Waals surface area contributed by atoms with E-state index >= 15 is 0 Å². The number of rotatable bonds is 8. The van der Waals surface area contributed by atoms with Crippen LogP contribution in [0.3, 0.4) is 0 Å². The highest BCUT2D eigenvalue weighted by Gasteiger charge is 2.03. The summed E-state index contributed by atoms with van der Waals surface area (Å²) in [5, 5.41) is 6.49. The van der Waals surface area contributed by atoms with Crippen LogP contribution in [-0.2, 0) is 0 Å². The summed E-state index contributed by atoms with van der Waals surface area (Å²) in [5.41, 5.74) is 0. The number of unbranched alkanes of at least 4 members (excludes halogenated alkanes) is 3. The number of aromatic nitrogens is 1. The molecule has 2 N–H and O–H groups in total. The molecule has 0 spiro atoms. The van der Waals surface area contributed by atoms with Crippen molar-refractivity contribution in [1.82, 2.24) is 4.98 Å². The summed E-state index contributed by atoms with van der Waals surface area (Å²) in [5.74, 6) is 1.87. The summed E-state index contributed by atoms with van der Waals surface area (Å²) < 4.78 is 0. The average Bonchev–Trinajstić information content (AvgIpc) is 2.35. The monoisotopic (exact) mass is 235 g/mol. The van der Waals surface area contributed by atoms with Crippen LogP contribution < -0.4 is 10.6 Å². The Morgan fingerprint density at radius 1 is 1.18 bits per heavy atom. The van der Waals surface area contributed by atoms with Gasteiger partial charge >= 0.3 is 0 Å². The van der Waals surface area contributed by atoms with Gasteiger partial charge in [0.25, 0.3) is 0 Å². The maximum Gasteiger partial charge on any atom is 0.128 e. The second-order valence-corrected chi connectivity index (χ2v) is 4.55. The molecule has 0 bridgehead atoms. The first-order chi connectivity index (χ1) is 8.26. The van der Waals surface area contributed by atoms with E-state index in [1.165, 1.54) is 32.1 Å². The Morgan fingerprint density at radius 3 is 2.65 bits per heavy atom. The molecule has 0 aliphatic rings. The van der Waals surface area contributed by atoms with Gasteiger partial charge in [0.1, 0.15) is 11.6 Å². The molecule has 0 amide bonds. The summed E-state index contributed by atoms with van der Waals surface area (Å²) in [6.07, 6.45) is 6.50. The molecule has 3 nitrogen and oxygen atoms in total. The third-order valence-corrected chi connectivity index (χ3v) is 2.89. The predicted octanol–water partition coefficient (Wildman–Crippen LogP) is 3.89. The summed E-state index contributed by atoms with van der Waals surface area (Å²) in [4.78, 5) is 4.45. The molecule has 17 heavy (non-hydrogen) atoms. The van der Waals surface area contributed by atoms with E-state index in [1.807, 2.05) is 25.2 Å². The second-order valence-electron chi connectivity index (χ2n) is 4.55. The minimum Gasteiger partial charge on any atom is -0.373 e. The molecule has 0 radical (unpaired) electrons. The van der Waals surface area contributed by atoms with E-state index in [0.29, 0.717) is 6.04 Å². The number of nitrogens with zero attached hydrogens (tertiary/aromatic N) is 1. The maximum atomic E-state index is 4.45. The molecule has 0 saturated heterocycles. The van der Waals surface area contributed by atoms with Crippen LogP contribution in [0.25, 0.3) is 0 Å². The van der Waals surface area contributed by atoms with E-state index in [-0.39, 0.29) is 0 Å². The van der Waals surface area contributed by atoms with E-state index in [0.717, 1.165) is 11.6 Å². The summed E-state index contributed by atoms with van der Waals surface area (Å²) in [7, 11) is 1.89. The number of pyridine rings is 1. The Balaban J connectivity index is 2.31. The van der Waals surface area contributed by atoms with Crippen molar-refractivity contribution in [3.8, 4) is 0 Å². The van der Waals surface area contributed by atoms with Gasteiger partial charge in [-0.05, 0) is 25.5 Å². The minimum atomic E-state index is 0.492. The molecule has 3 heteroatoms. The molecule has 1 atom stereocenters. The van der Waals surface area contributed by atoms with Crippen LogP contribution in [0.1, 0.15) is 46.0 Å². The van der Waals surface area contributed by atoms with Gasteiger partial charge in [-0.2, -0.15) is 0 Å². The topological polar surface area (TPSA) is 37.0 Å². The average molecular weight is 235 g/mol. The van der Waals surface area contributed by atoms with E-state index in [9.17, 15) is 0 Å². The van der Waals surface area contributed by atoms with Gasteiger partial charge in [0.05, 0.1) is 0 Å². The first-order valence-corrected chi connectivity index (χ1v) is 6.67. The van der Waals surface area contributed by atoms with Gasteiger partial charge in [0.15, 0.2) is 0 Å². The zero-order valence-corrected chi connectivity index (χ0v) is 11.3. The van der Waals surface area contributed by atoms with Crippen molar-refractivity contribution >= 4 is 11.6 Å². The summed E-state index contributed by atoms with van der Waals surface area (Å²) >= 11 is 0. The molecule has 0 saturated carbocycles. The van der Waals surface area contributed by atoms with Crippen molar-refractivity contribution in [3.63, 3.8) is 0 Å². The van der Waals surface area contributed by atoms with Crippen LogP contribution >= 0.6 is 0 Å². The van der Waals surface area contributed by atoms with Crippen LogP contribution in [0.4, 0.5) is 11.6 Å². The maximum absolute atomic E-state index is 4.45. The van der Waals surface area contributed by atoms with Gasteiger partial charge in [-0.25, -0.2) is 4.98 Å². The van der Waals surface area contributed by atoms with Crippen molar-refractivity contribution in [1.29, 1.82) is 0 Å². The molecule has 0 fully saturated rings. The fourth-order valence-electron chi connectivity index (χ4n) is 1.86. The third-order valence-electron chi connectivity index (χ3n) is 2.89. The van der Waals surface area contributed by atoms with Crippen molar-refractivity contribution in [2.24, 2.45) is 0 Å². The third kappa shape index (κ3) is 5.57. The van der Waals surface area contributed by atoms with E-state index in [1.54, 1.807) is 0 Å². The van der Waals surface area contributed by atoms with Crippen LogP contribution in [0.5, 0.6) is 0 Å². The van der Waals surface area contributed by atoms with Crippen LogP contribution in [0, 0.1) is 0 Å². The van der Waals surface area contributed by atoms with Crippen LogP contribution in [-0.4, -0.2) is 18.1 Å². The van der Waals surface area contributed by atoms with Crippen molar-refractivity contribution in [3.05, 3.63) is 18.2 Å². The molecule has 0 aliphatic carbocycles. The molecular weight excluding hydrogens is 210 g/mol. The Bertz CT molecular complexity index is 312. The normalized spacial score (nSPS) is 12.2. The minimum absolute atomic E-state index is 0.492. The first-order valence-electron chi connectivity index (χ1n) is 6.67. The van der Waals surface area contributed by atoms with Gasteiger partial charge in [-0.15, -0.1) is 0 Å². The second kappa shape index (κ2) is 7.93. The van der Waals surface area contributed by atoms with Crippen LogP contribution in [0.2, 0.25) is 0 Å². The standard InChI is InChI=1S/C14H25N3/c1-4-5-6-7-9-12(2)16-14-11-8-10-13(15-3)17-14/h8,10-12H,4-7,9H2,1-3H3,(H2,15,16,17). The highest BCUT2D eigenvalue weighted by atomic mass is 15.1. The van der Waals surface area contributed by atoms with Crippen molar-refractivity contribution < 1.29 is 0 Å². The number of anilines is 2. The molecule has 96 valence electrons. The zero-order chi connectivity index (χ0) is 12.5. The number of hydrogen-bond acceptors (Lipinski definition) is 3. The molecule has 1 unspecified atom stereocenters. The Labute approximate surface area is 105 Å². The number of nitrogens with one attached hydrogen (secondary N) is 2. The Hall–Kier alpha value is -1.25. The highest BCUT2D eigenvalue weighted by Crippen LogP contribution is 2.12. The highest BCUT2D eigenvalue weighted by molar-refractivity contribution is 5.45. The smallest absolute Gasteiger partial charge is 0.128 e. The van der Waals surface area contributed by atoms with Crippen LogP contribution in [0.15, 0.2) is 18.2 Å². The lowest BCUT2D eigenvalue weighted by molar-refractivity contribution is 0.593. The largest absolute Gasteiger partial charge is 0.373 e.